The zero-order valence-electron chi connectivity index (χ0n) is 5.48. The highest BCUT2D eigenvalue weighted by Crippen LogP contribution is 2.23. The van der Waals surface area contributed by atoms with E-state index in [4.69, 9.17) is 0 Å². The predicted molar refractivity (Wildman–Crippen MR) is 37.3 cm³/mol. The number of aromatic nitrogens is 3. The smallest absolute Gasteiger partial charge is 0.267 e. The fraction of sp³-hybridized carbons (Fsp3) is 0. The summed E-state index contributed by atoms with van der Waals surface area (Å²) >= 11 is 0. The quantitative estimate of drug-likeness (QED) is 0.461. The molecule has 0 radical (unpaired) electrons. The number of benzene rings is 1. The Morgan fingerprint density at radius 3 is 3.00 bits per heavy atom. The van der Waals surface area contributed by atoms with Crippen LogP contribution >= 0.6 is 0 Å². The van der Waals surface area contributed by atoms with Crippen LogP contribution in [0.5, 0.6) is 0 Å². The molecule has 4 nitrogen and oxygen atoms in total. The van der Waals surface area contributed by atoms with E-state index in [1.54, 1.807) is 6.07 Å². The van der Waals surface area contributed by atoms with E-state index in [1.807, 2.05) is 12.1 Å². The molecule has 0 saturated carbocycles. The van der Waals surface area contributed by atoms with Crippen LogP contribution in [0, 0.1) is 0 Å². The van der Waals surface area contributed by atoms with E-state index < -0.39 is 0 Å². The lowest BCUT2D eigenvalue weighted by Gasteiger charge is -1.91. The van der Waals surface area contributed by atoms with E-state index in [-0.39, 0.29) is 5.91 Å². The number of rotatable bonds is 0. The Morgan fingerprint density at radius 1 is 1.36 bits per heavy atom. The van der Waals surface area contributed by atoms with Gasteiger partial charge < -0.3 is 0 Å². The summed E-state index contributed by atoms with van der Waals surface area (Å²) < 4.78 is 1.32. The Balaban J connectivity index is 2.74. The van der Waals surface area contributed by atoms with Gasteiger partial charge >= 0.3 is 0 Å². The Morgan fingerprint density at radius 2 is 2.27 bits per heavy atom. The minimum Gasteiger partial charge on any atom is -0.267 e. The third kappa shape index (κ3) is 0.382. The van der Waals surface area contributed by atoms with Crippen molar-refractivity contribution in [1.29, 1.82) is 0 Å². The summed E-state index contributed by atoms with van der Waals surface area (Å²) in [6.45, 7) is 0. The van der Waals surface area contributed by atoms with Crippen LogP contribution in [0.3, 0.4) is 0 Å². The fourth-order valence-corrected chi connectivity index (χ4v) is 1.38. The SMILES string of the molecule is O=C1c2cccc3c2nnn31. The third-order valence-corrected chi connectivity index (χ3v) is 1.90. The van der Waals surface area contributed by atoms with Gasteiger partial charge in [-0.3, -0.25) is 4.79 Å². The van der Waals surface area contributed by atoms with Gasteiger partial charge in [0.15, 0.2) is 0 Å². The lowest BCUT2D eigenvalue weighted by Crippen LogP contribution is -2.11. The minimum atomic E-state index is -0.0602. The van der Waals surface area contributed by atoms with Gasteiger partial charge in [-0.1, -0.05) is 11.3 Å². The topological polar surface area (TPSA) is 47.8 Å². The maximum Gasteiger partial charge on any atom is 0.282 e. The molecule has 4 bridgehead atoms. The third-order valence-electron chi connectivity index (χ3n) is 1.90. The van der Waals surface area contributed by atoms with Gasteiger partial charge in [-0.15, -0.1) is 5.10 Å². The molecule has 0 amide bonds. The van der Waals surface area contributed by atoms with Crippen molar-refractivity contribution in [3.63, 3.8) is 0 Å². The van der Waals surface area contributed by atoms with E-state index in [2.05, 4.69) is 10.3 Å². The summed E-state index contributed by atoms with van der Waals surface area (Å²) in [5, 5.41) is 7.50. The second-order valence-corrected chi connectivity index (χ2v) is 2.48. The largest absolute Gasteiger partial charge is 0.282 e. The van der Waals surface area contributed by atoms with Crippen molar-refractivity contribution < 1.29 is 4.79 Å². The molecule has 0 aliphatic carbocycles. The first-order valence-electron chi connectivity index (χ1n) is 3.27. The summed E-state index contributed by atoms with van der Waals surface area (Å²) in [5.74, 6) is -0.0602. The zero-order valence-corrected chi connectivity index (χ0v) is 5.48. The number of hydrogen-bond acceptors (Lipinski definition) is 3. The van der Waals surface area contributed by atoms with Crippen molar-refractivity contribution in [2.24, 2.45) is 0 Å². The highest BCUT2D eigenvalue weighted by molar-refractivity contribution is 6.13. The molecule has 3 rings (SSSR count). The molecule has 2 aromatic rings. The minimum absolute atomic E-state index is 0.0602. The molecule has 52 valence electrons. The molecule has 1 aromatic heterocycles. The first-order chi connectivity index (χ1) is 5.38. The van der Waals surface area contributed by atoms with E-state index in [0.717, 1.165) is 11.0 Å². The predicted octanol–water partition coefficient (Wildman–Crippen LogP) is 0.433. The van der Waals surface area contributed by atoms with Crippen LogP contribution in [0.25, 0.3) is 11.0 Å². The van der Waals surface area contributed by atoms with E-state index in [1.165, 1.54) is 4.68 Å². The number of hydrogen-bond donors (Lipinski definition) is 0. The van der Waals surface area contributed by atoms with Gasteiger partial charge in [0.05, 0.1) is 11.1 Å². The molecule has 0 spiro atoms. The molecular weight excluding hydrogens is 142 g/mol. The maximum atomic E-state index is 11.3. The normalized spacial score (nSPS) is 13.6. The molecule has 0 atom stereocenters. The summed E-state index contributed by atoms with van der Waals surface area (Å²) in [6, 6.07) is 5.44. The van der Waals surface area contributed by atoms with Crippen molar-refractivity contribution in [3.05, 3.63) is 23.8 Å². The molecule has 0 fully saturated rings. The van der Waals surface area contributed by atoms with Crippen LogP contribution in [0.15, 0.2) is 18.2 Å². The van der Waals surface area contributed by atoms with Gasteiger partial charge in [-0.05, 0) is 12.1 Å². The summed E-state index contributed by atoms with van der Waals surface area (Å²) in [6.07, 6.45) is 0. The fourth-order valence-electron chi connectivity index (χ4n) is 1.38. The molecular formula is C7H3N3O. The van der Waals surface area contributed by atoms with Gasteiger partial charge in [-0.25, -0.2) is 0 Å². The van der Waals surface area contributed by atoms with Crippen molar-refractivity contribution in [1.82, 2.24) is 15.0 Å². The zero-order chi connectivity index (χ0) is 7.42. The van der Waals surface area contributed by atoms with Crippen molar-refractivity contribution in [3.8, 4) is 0 Å². The van der Waals surface area contributed by atoms with Gasteiger partial charge in [0.2, 0.25) is 0 Å². The Bertz CT molecular complexity index is 471. The van der Waals surface area contributed by atoms with E-state index in [9.17, 15) is 4.79 Å². The van der Waals surface area contributed by atoms with Gasteiger partial charge in [-0.2, -0.15) is 4.68 Å². The molecule has 4 heteroatoms. The van der Waals surface area contributed by atoms with Crippen LogP contribution < -0.4 is 0 Å². The molecule has 1 aromatic carbocycles. The second-order valence-electron chi connectivity index (χ2n) is 2.48. The molecule has 0 saturated heterocycles. The molecule has 11 heavy (non-hydrogen) atoms. The van der Waals surface area contributed by atoms with Crippen molar-refractivity contribution in [2.45, 2.75) is 0 Å². The summed E-state index contributed by atoms with van der Waals surface area (Å²) in [5.41, 5.74) is 2.20. The van der Waals surface area contributed by atoms with Crippen LogP contribution in [0.4, 0.5) is 0 Å². The monoisotopic (exact) mass is 145 g/mol. The molecule has 1 aliphatic heterocycles. The molecule has 2 heterocycles. The van der Waals surface area contributed by atoms with Crippen molar-refractivity contribution >= 4 is 16.9 Å². The van der Waals surface area contributed by atoms with Crippen LogP contribution in [0.2, 0.25) is 0 Å². The molecule has 1 aliphatic rings. The van der Waals surface area contributed by atoms with Crippen LogP contribution in [0.1, 0.15) is 10.4 Å². The first-order valence-corrected chi connectivity index (χ1v) is 3.27. The number of nitrogens with zero attached hydrogens (tertiary/aromatic N) is 3. The average molecular weight is 145 g/mol. The highest BCUT2D eigenvalue weighted by Gasteiger charge is 2.25. The first kappa shape index (κ1) is 5.01. The maximum absolute atomic E-state index is 11.3. The lowest BCUT2D eigenvalue weighted by atomic mass is 10.2. The van der Waals surface area contributed by atoms with Gasteiger partial charge in [0, 0.05) is 0 Å². The second kappa shape index (κ2) is 1.32. The van der Waals surface area contributed by atoms with E-state index in [0.29, 0.717) is 5.56 Å². The number of carbonyl (C=O) groups is 1. The van der Waals surface area contributed by atoms with Crippen molar-refractivity contribution in [2.75, 3.05) is 0 Å². The Hall–Kier alpha value is -1.71. The van der Waals surface area contributed by atoms with Gasteiger partial charge in [0.1, 0.15) is 5.52 Å². The highest BCUT2D eigenvalue weighted by atomic mass is 16.2. The summed E-state index contributed by atoms with van der Waals surface area (Å²) in [4.78, 5) is 11.3. The van der Waals surface area contributed by atoms with E-state index >= 15 is 0 Å². The molecule has 0 N–H and O–H groups in total. The lowest BCUT2D eigenvalue weighted by molar-refractivity contribution is 0.0950. The Kier molecular flexibility index (Phi) is 0.600. The Labute approximate surface area is 61.4 Å². The number of carbonyl (C=O) groups excluding carboxylic acids is 1. The summed E-state index contributed by atoms with van der Waals surface area (Å²) in [7, 11) is 0. The van der Waals surface area contributed by atoms with Crippen LogP contribution in [-0.4, -0.2) is 20.9 Å². The molecule has 0 unspecified atom stereocenters. The van der Waals surface area contributed by atoms with Crippen LogP contribution in [-0.2, 0) is 0 Å². The standard InChI is InChI=1S/C7H3N3O/c11-7-4-2-1-3-5-6(4)8-9-10(5)7/h1-3H. The average Bonchev–Trinajstić information content (AvgIpc) is 2.50. The van der Waals surface area contributed by atoms with Gasteiger partial charge in [0.25, 0.3) is 5.91 Å².